The maximum atomic E-state index is 12.0. The van der Waals surface area contributed by atoms with Crippen LogP contribution < -0.4 is 0 Å². The van der Waals surface area contributed by atoms with Crippen LogP contribution in [0.3, 0.4) is 0 Å². The zero-order valence-electron chi connectivity index (χ0n) is 8.54. The molecule has 3 aliphatic carbocycles. The van der Waals surface area contributed by atoms with Gasteiger partial charge in [-0.15, -0.1) is 0 Å². The van der Waals surface area contributed by atoms with Gasteiger partial charge in [-0.25, -0.2) is 0 Å². The third-order valence-corrected chi connectivity index (χ3v) is 4.92. The minimum atomic E-state index is -0.179. The lowest BCUT2D eigenvalue weighted by Gasteiger charge is -2.43. The highest BCUT2D eigenvalue weighted by Crippen LogP contribution is 2.58. The molecule has 1 N–H and O–H groups in total. The molecule has 3 aliphatic rings. The van der Waals surface area contributed by atoms with E-state index in [-0.39, 0.29) is 11.5 Å². The molecule has 0 aromatic heterocycles. The number of Topliss-reactive ketones (excluding diaryl/α,β-unsaturated/α-hetero) is 1. The molecule has 0 saturated heterocycles. The number of aliphatic hydroxyl groups excluding tert-OH is 1. The fourth-order valence-corrected chi connectivity index (χ4v) is 4.18. The summed E-state index contributed by atoms with van der Waals surface area (Å²) < 4.78 is 0. The monoisotopic (exact) mass is 194 g/mol. The van der Waals surface area contributed by atoms with Crippen molar-refractivity contribution < 1.29 is 9.90 Å². The number of rotatable bonds is 0. The smallest absolute Gasteiger partial charge is 0.139 e. The summed E-state index contributed by atoms with van der Waals surface area (Å²) >= 11 is 0. The van der Waals surface area contributed by atoms with E-state index in [2.05, 4.69) is 0 Å². The van der Waals surface area contributed by atoms with Gasteiger partial charge in [0.05, 0.1) is 6.10 Å². The molecule has 2 heteroatoms. The van der Waals surface area contributed by atoms with Crippen molar-refractivity contribution in [3.63, 3.8) is 0 Å². The van der Waals surface area contributed by atoms with Gasteiger partial charge in [0.15, 0.2) is 0 Å². The van der Waals surface area contributed by atoms with Gasteiger partial charge in [0.25, 0.3) is 0 Å². The lowest BCUT2D eigenvalue weighted by Crippen LogP contribution is -2.41. The van der Waals surface area contributed by atoms with Gasteiger partial charge in [0.1, 0.15) is 5.78 Å². The summed E-state index contributed by atoms with van der Waals surface area (Å²) in [6.45, 7) is 0. The Morgan fingerprint density at radius 1 is 1.21 bits per heavy atom. The molecule has 0 radical (unpaired) electrons. The summed E-state index contributed by atoms with van der Waals surface area (Å²) in [5.74, 6) is 1.51. The van der Waals surface area contributed by atoms with Crippen molar-refractivity contribution in [2.75, 3.05) is 0 Å². The number of hydrogen-bond donors (Lipinski definition) is 1. The van der Waals surface area contributed by atoms with Gasteiger partial charge >= 0.3 is 0 Å². The van der Waals surface area contributed by atoms with Crippen molar-refractivity contribution >= 4 is 5.78 Å². The molecule has 4 atom stereocenters. The van der Waals surface area contributed by atoms with E-state index in [0.717, 1.165) is 32.1 Å². The summed E-state index contributed by atoms with van der Waals surface area (Å²) in [4.78, 5) is 12.0. The molecule has 2 unspecified atom stereocenters. The van der Waals surface area contributed by atoms with E-state index >= 15 is 0 Å². The van der Waals surface area contributed by atoms with Crippen LogP contribution in [-0.4, -0.2) is 17.0 Å². The summed E-state index contributed by atoms with van der Waals surface area (Å²) in [6, 6.07) is 0. The number of aliphatic hydroxyl groups is 1. The molecular weight excluding hydrogens is 176 g/mol. The van der Waals surface area contributed by atoms with Crippen molar-refractivity contribution in [3.05, 3.63) is 0 Å². The Hall–Kier alpha value is -0.370. The van der Waals surface area contributed by atoms with Crippen LogP contribution in [-0.2, 0) is 4.79 Å². The summed E-state index contributed by atoms with van der Waals surface area (Å²) in [6.07, 6.45) is 7.03. The average molecular weight is 194 g/mol. The number of carbonyl (C=O) groups is 1. The molecule has 0 aliphatic heterocycles. The van der Waals surface area contributed by atoms with Gasteiger partial charge in [0, 0.05) is 11.8 Å². The number of carbonyl (C=O) groups excluding carboxylic acids is 1. The maximum absolute atomic E-state index is 12.0. The Morgan fingerprint density at radius 3 is 2.93 bits per heavy atom. The highest BCUT2D eigenvalue weighted by atomic mass is 16.3. The standard InChI is InChI=1S/C12H18O2/c13-10-7-12-6-8(10)4-5-9(12)2-1-3-11(12)14/h8-10,13H,1-7H2/t8?,9-,10+,12?/m0/s1. The van der Waals surface area contributed by atoms with E-state index in [1.165, 1.54) is 12.8 Å². The van der Waals surface area contributed by atoms with E-state index in [0.29, 0.717) is 17.6 Å². The largest absolute Gasteiger partial charge is 0.393 e. The summed E-state index contributed by atoms with van der Waals surface area (Å²) in [7, 11) is 0. The van der Waals surface area contributed by atoms with Crippen LogP contribution in [0.25, 0.3) is 0 Å². The first-order valence-electron chi connectivity index (χ1n) is 5.94. The Balaban J connectivity index is 1.97. The zero-order chi connectivity index (χ0) is 9.76. The van der Waals surface area contributed by atoms with Gasteiger partial charge < -0.3 is 5.11 Å². The van der Waals surface area contributed by atoms with Crippen LogP contribution in [0, 0.1) is 17.3 Å². The van der Waals surface area contributed by atoms with Gasteiger partial charge in [-0.2, -0.15) is 0 Å². The molecule has 0 aromatic carbocycles. The predicted molar refractivity (Wildman–Crippen MR) is 52.7 cm³/mol. The highest BCUT2D eigenvalue weighted by Gasteiger charge is 2.57. The summed E-state index contributed by atoms with van der Waals surface area (Å²) in [5.41, 5.74) is -0.0689. The Bertz CT molecular complexity index is 269. The molecule has 78 valence electrons. The first kappa shape index (κ1) is 8.90. The van der Waals surface area contributed by atoms with Gasteiger partial charge in [0.2, 0.25) is 0 Å². The first-order valence-corrected chi connectivity index (χ1v) is 5.94. The normalized spacial score (nSPS) is 51.8. The SMILES string of the molecule is O=C1CCC[C@H]2CCC3CC12C[C@H]3O. The van der Waals surface area contributed by atoms with Crippen molar-refractivity contribution in [1.29, 1.82) is 0 Å². The lowest BCUT2D eigenvalue weighted by molar-refractivity contribution is -0.136. The Labute approximate surface area is 84.7 Å². The molecule has 14 heavy (non-hydrogen) atoms. The molecule has 1 spiro atoms. The highest BCUT2D eigenvalue weighted by molar-refractivity contribution is 5.86. The molecule has 3 fully saturated rings. The van der Waals surface area contributed by atoms with Crippen LogP contribution >= 0.6 is 0 Å². The van der Waals surface area contributed by atoms with Crippen molar-refractivity contribution in [3.8, 4) is 0 Å². The van der Waals surface area contributed by atoms with Crippen LogP contribution in [0.2, 0.25) is 0 Å². The zero-order valence-corrected chi connectivity index (χ0v) is 8.54. The minimum Gasteiger partial charge on any atom is -0.393 e. The van der Waals surface area contributed by atoms with Crippen molar-refractivity contribution in [2.45, 2.75) is 51.0 Å². The maximum Gasteiger partial charge on any atom is 0.139 e. The lowest BCUT2D eigenvalue weighted by atomic mass is 9.60. The molecular formula is C12H18O2. The molecule has 0 amide bonds. The van der Waals surface area contributed by atoms with Gasteiger partial charge in [-0.3, -0.25) is 4.79 Å². The van der Waals surface area contributed by atoms with Crippen LogP contribution in [0.15, 0.2) is 0 Å². The first-order chi connectivity index (χ1) is 6.72. The van der Waals surface area contributed by atoms with Crippen LogP contribution in [0.5, 0.6) is 0 Å². The fourth-order valence-electron chi connectivity index (χ4n) is 4.18. The minimum absolute atomic E-state index is 0.0689. The molecule has 2 nitrogen and oxygen atoms in total. The van der Waals surface area contributed by atoms with Gasteiger partial charge in [-0.05, 0) is 50.4 Å². The average Bonchev–Trinajstić information content (AvgIpc) is 2.43. The third kappa shape index (κ3) is 0.979. The number of hydrogen-bond acceptors (Lipinski definition) is 2. The second-order valence-corrected chi connectivity index (χ2v) is 5.48. The van der Waals surface area contributed by atoms with E-state index < -0.39 is 0 Å². The molecule has 0 aromatic rings. The molecule has 2 bridgehead atoms. The number of fused-ring (bicyclic) bond motifs is 1. The summed E-state index contributed by atoms with van der Waals surface area (Å²) in [5, 5.41) is 9.90. The van der Waals surface area contributed by atoms with E-state index in [1.807, 2.05) is 0 Å². The molecule has 3 saturated carbocycles. The van der Waals surface area contributed by atoms with Crippen LogP contribution in [0.1, 0.15) is 44.9 Å². The Kier molecular flexibility index (Phi) is 1.79. The fraction of sp³-hybridized carbons (Fsp3) is 0.917. The second-order valence-electron chi connectivity index (χ2n) is 5.48. The van der Waals surface area contributed by atoms with Crippen molar-refractivity contribution in [2.24, 2.45) is 17.3 Å². The number of ketones is 1. The quantitative estimate of drug-likeness (QED) is 0.639. The van der Waals surface area contributed by atoms with Crippen molar-refractivity contribution in [1.82, 2.24) is 0 Å². The molecule has 0 heterocycles. The second kappa shape index (κ2) is 2.82. The third-order valence-electron chi connectivity index (χ3n) is 4.92. The predicted octanol–water partition coefficient (Wildman–Crippen LogP) is 1.91. The Morgan fingerprint density at radius 2 is 2.07 bits per heavy atom. The van der Waals surface area contributed by atoms with E-state index in [9.17, 15) is 9.90 Å². The van der Waals surface area contributed by atoms with Crippen LogP contribution in [0.4, 0.5) is 0 Å². The molecule has 3 rings (SSSR count). The van der Waals surface area contributed by atoms with E-state index in [1.54, 1.807) is 0 Å². The topological polar surface area (TPSA) is 37.3 Å². The van der Waals surface area contributed by atoms with Gasteiger partial charge in [-0.1, -0.05) is 0 Å². The van der Waals surface area contributed by atoms with E-state index in [4.69, 9.17) is 0 Å².